The van der Waals surface area contributed by atoms with Gasteiger partial charge in [-0.3, -0.25) is 0 Å². The van der Waals surface area contributed by atoms with E-state index in [1.807, 2.05) is 6.07 Å². The Kier molecular flexibility index (Phi) is 4.79. The minimum absolute atomic E-state index is 1.02. The molecule has 1 aromatic heterocycles. The van der Waals surface area contributed by atoms with Gasteiger partial charge in [0.2, 0.25) is 0 Å². The Morgan fingerprint density at radius 2 is 1.46 bits per heavy atom. The Morgan fingerprint density at radius 1 is 0.692 bits per heavy atom. The Balaban J connectivity index is 1.70. The number of fused-ring (bicyclic) bond motifs is 1. The average Bonchev–Trinajstić information content (AvgIpc) is 2.72. The third-order valence-corrected chi connectivity index (χ3v) is 4.84. The molecule has 0 fully saturated rings. The van der Waals surface area contributed by atoms with Crippen LogP contribution in [0.3, 0.4) is 0 Å². The first-order chi connectivity index (χ1) is 12.8. The molecule has 1 nitrogen and oxygen atoms in total. The van der Waals surface area contributed by atoms with Gasteiger partial charge in [-0.25, -0.2) is 4.98 Å². The van der Waals surface area contributed by atoms with Crippen molar-refractivity contribution >= 4 is 10.9 Å². The molecular formula is C25H23N. The van der Waals surface area contributed by atoms with Crippen LogP contribution in [0.25, 0.3) is 33.3 Å². The third kappa shape index (κ3) is 3.52. The van der Waals surface area contributed by atoms with Crippen molar-refractivity contribution in [2.45, 2.75) is 26.2 Å². The highest BCUT2D eigenvalue weighted by Crippen LogP contribution is 2.27. The lowest BCUT2D eigenvalue weighted by Gasteiger charge is -2.08. The molecule has 0 atom stereocenters. The fraction of sp³-hybridized carbons (Fsp3) is 0.160. The molecule has 0 aliphatic heterocycles. The predicted molar refractivity (Wildman–Crippen MR) is 111 cm³/mol. The normalized spacial score (nSPS) is 11.0. The van der Waals surface area contributed by atoms with E-state index in [0.717, 1.165) is 23.2 Å². The molecule has 0 saturated heterocycles. The van der Waals surface area contributed by atoms with Gasteiger partial charge < -0.3 is 0 Å². The summed E-state index contributed by atoms with van der Waals surface area (Å²) < 4.78 is 0. The largest absolute Gasteiger partial charge is 0.248 e. The number of nitrogens with zero attached hydrogens (tertiary/aromatic N) is 1. The van der Waals surface area contributed by atoms with Crippen molar-refractivity contribution in [1.82, 2.24) is 4.98 Å². The SMILES string of the molecule is CCCCc1cccc(-c2cccc(-c3ccc4ccccc4n3)c2)c1. The van der Waals surface area contributed by atoms with Crippen molar-refractivity contribution in [3.63, 3.8) is 0 Å². The number of aromatic nitrogens is 1. The molecule has 4 rings (SSSR count). The smallest absolute Gasteiger partial charge is 0.0709 e. The van der Waals surface area contributed by atoms with Crippen LogP contribution in [0.5, 0.6) is 0 Å². The van der Waals surface area contributed by atoms with Gasteiger partial charge in [-0.1, -0.05) is 80.1 Å². The van der Waals surface area contributed by atoms with Gasteiger partial charge in [-0.2, -0.15) is 0 Å². The maximum absolute atomic E-state index is 4.84. The molecular weight excluding hydrogens is 314 g/mol. The van der Waals surface area contributed by atoms with Gasteiger partial charge in [-0.15, -0.1) is 0 Å². The monoisotopic (exact) mass is 337 g/mol. The van der Waals surface area contributed by atoms with Crippen molar-refractivity contribution in [3.8, 4) is 22.4 Å². The summed E-state index contributed by atoms with van der Waals surface area (Å²) in [6, 6.07) is 30.1. The topological polar surface area (TPSA) is 12.9 Å². The van der Waals surface area contributed by atoms with E-state index in [4.69, 9.17) is 4.98 Å². The molecule has 0 aliphatic carbocycles. The predicted octanol–water partition coefficient (Wildman–Crippen LogP) is 6.91. The molecule has 1 heterocycles. The van der Waals surface area contributed by atoms with Crippen LogP contribution in [0.4, 0.5) is 0 Å². The van der Waals surface area contributed by atoms with Crippen LogP contribution in [0.15, 0.2) is 84.9 Å². The van der Waals surface area contributed by atoms with Crippen LogP contribution in [0.1, 0.15) is 25.3 Å². The zero-order valence-electron chi connectivity index (χ0n) is 15.2. The zero-order chi connectivity index (χ0) is 17.8. The van der Waals surface area contributed by atoms with Crippen LogP contribution in [0.2, 0.25) is 0 Å². The number of unbranched alkanes of at least 4 members (excludes halogenated alkanes) is 1. The molecule has 0 N–H and O–H groups in total. The van der Waals surface area contributed by atoms with E-state index >= 15 is 0 Å². The molecule has 4 aromatic rings. The van der Waals surface area contributed by atoms with Crippen LogP contribution in [-0.4, -0.2) is 4.98 Å². The van der Waals surface area contributed by atoms with E-state index in [-0.39, 0.29) is 0 Å². The van der Waals surface area contributed by atoms with Crippen molar-refractivity contribution in [1.29, 1.82) is 0 Å². The second-order valence-electron chi connectivity index (χ2n) is 6.77. The van der Waals surface area contributed by atoms with Gasteiger partial charge in [0.05, 0.1) is 11.2 Å². The van der Waals surface area contributed by atoms with Crippen molar-refractivity contribution in [2.24, 2.45) is 0 Å². The first-order valence-electron chi connectivity index (χ1n) is 9.39. The highest BCUT2D eigenvalue weighted by molar-refractivity contribution is 5.82. The van der Waals surface area contributed by atoms with E-state index in [1.165, 1.54) is 34.9 Å². The summed E-state index contributed by atoms with van der Waals surface area (Å²) in [5, 5.41) is 1.18. The standard InChI is InChI=1S/C25H23N/c1-2-3-8-19-9-6-11-21(17-19)22-12-7-13-23(18-22)25-16-15-20-10-4-5-14-24(20)26-25/h4-7,9-18H,2-3,8H2,1H3. The van der Waals surface area contributed by atoms with Crippen molar-refractivity contribution in [2.75, 3.05) is 0 Å². The molecule has 0 unspecified atom stereocenters. The van der Waals surface area contributed by atoms with Crippen LogP contribution < -0.4 is 0 Å². The molecule has 0 bridgehead atoms. The third-order valence-electron chi connectivity index (χ3n) is 4.84. The van der Waals surface area contributed by atoms with Crippen LogP contribution in [-0.2, 0) is 6.42 Å². The molecule has 0 radical (unpaired) electrons. The highest BCUT2D eigenvalue weighted by Gasteiger charge is 2.05. The molecule has 3 aromatic carbocycles. The van der Waals surface area contributed by atoms with Crippen LogP contribution in [0, 0.1) is 0 Å². The molecule has 128 valence electrons. The maximum Gasteiger partial charge on any atom is 0.0709 e. The van der Waals surface area contributed by atoms with E-state index in [1.54, 1.807) is 0 Å². The number of benzene rings is 3. The summed E-state index contributed by atoms with van der Waals surface area (Å²) in [5.41, 5.74) is 7.16. The highest BCUT2D eigenvalue weighted by atomic mass is 14.7. The number of aryl methyl sites for hydroxylation is 1. The van der Waals surface area contributed by atoms with Crippen LogP contribution >= 0.6 is 0 Å². The second-order valence-corrected chi connectivity index (χ2v) is 6.77. The lowest BCUT2D eigenvalue weighted by Crippen LogP contribution is -1.88. The van der Waals surface area contributed by atoms with Gasteiger partial charge in [0.1, 0.15) is 0 Å². The molecule has 0 aliphatic rings. The van der Waals surface area contributed by atoms with E-state index in [2.05, 4.69) is 85.8 Å². The maximum atomic E-state index is 4.84. The number of rotatable bonds is 5. The molecule has 0 amide bonds. The lowest BCUT2D eigenvalue weighted by atomic mass is 9.98. The quantitative estimate of drug-likeness (QED) is 0.385. The fourth-order valence-corrected chi connectivity index (χ4v) is 3.37. The Bertz CT molecular complexity index is 1030. The van der Waals surface area contributed by atoms with Gasteiger partial charge >= 0.3 is 0 Å². The minimum atomic E-state index is 1.02. The molecule has 1 heteroatoms. The summed E-state index contributed by atoms with van der Waals surface area (Å²) in [4.78, 5) is 4.84. The van der Waals surface area contributed by atoms with Crippen molar-refractivity contribution in [3.05, 3.63) is 90.5 Å². The van der Waals surface area contributed by atoms with E-state index in [0.29, 0.717) is 0 Å². The average molecular weight is 337 g/mol. The summed E-state index contributed by atoms with van der Waals surface area (Å²) in [7, 11) is 0. The fourth-order valence-electron chi connectivity index (χ4n) is 3.37. The summed E-state index contributed by atoms with van der Waals surface area (Å²) in [5.74, 6) is 0. The van der Waals surface area contributed by atoms with E-state index in [9.17, 15) is 0 Å². The van der Waals surface area contributed by atoms with Gasteiger partial charge in [0, 0.05) is 10.9 Å². The van der Waals surface area contributed by atoms with E-state index < -0.39 is 0 Å². The summed E-state index contributed by atoms with van der Waals surface area (Å²) in [6.07, 6.45) is 3.62. The minimum Gasteiger partial charge on any atom is -0.248 e. The summed E-state index contributed by atoms with van der Waals surface area (Å²) >= 11 is 0. The summed E-state index contributed by atoms with van der Waals surface area (Å²) in [6.45, 7) is 2.24. The number of para-hydroxylation sites is 1. The molecule has 0 saturated carbocycles. The molecule has 26 heavy (non-hydrogen) atoms. The number of hydrogen-bond donors (Lipinski definition) is 0. The Morgan fingerprint density at radius 3 is 2.35 bits per heavy atom. The number of pyridine rings is 1. The first kappa shape index (κ1) is 16.5. The zero-order valence-corrected chi connectivity index (χ0v) is 15.2. The first-order valence-corrected chi connectivity index (χ1v) is 9.39. The van der Waals surface area contributed by atoms with Gasteiger partial charge in [-0.05, 0) is 47.7 Å². The van der Waals surface area contributed by atoms with Gasteiger partial charge in [0.25, 0.3) is 0 Å². The molecule has 0 spiro atoms. The number of hydrogen-bond acceptors (Lipinski definition) is 1. The van der Waals surface area contributed by atoms with Crippen molar-refractivity contribution < 1.29 is 0 Å². The lowest BCUT2D eigenvalue weighted by molar-refractivity contribution is 0.795. The van der Waals surface area contributed by atoms with Gasteiger partial charge in [0.15, 0.2) is 0 Å². The Hall–Kier alpha value is -2.93. The Labute approximate surface area is 155 Å². The second kappa shape index (κ2) is 7.53.